The third-order valence-corrected chi connectivity index (χ3v) is 13.2. The summed E-state index contributed by atoms with van der Waals surface area (Å²) in [6.45, 7) is 9.96. The monoisotopic (exact) mass is 383 g/mol. The first-order valence-corrected chi connectivity index (χ1v) is 15.7. The molecule has 0 atom stereocenters. The minimum atomic E-state index is -1.76. The van der Waals surface area contributed by atoms with Crippen molar-refractivity contribution in [1.82, 2.24) is 0 Å². The van der Waals surface area contributed by atoms with Crippen LogP contribution in [0, 0.1) is 0 Å². The SMILES string of the molecule is C[Si](C)(c1ccccc1)c1cc([Si](C)(C)c2ccccc2)[c-]2ccccc12. The molecule has 0 radical (unpaired) electrons. The molecule has 136 valence electrons. The Bertz CT molecular complexity index is 972. The summed E-state index contributed by atoms with van der Waals surface area (Å²) in [6.07, 6.45) is 0. The largest absolute Gasteiger partial charge is 0.150 e. The molecule has 0 N–H and O–H groups in total. The molecule has 0 aromatic heterocycles. The molecule has 0 aliphatic carbocycles. The lowest BCUT2D eigenvalue weighted by Crippen LogP contribution is -2.55. The van der Waals surface area contributed by atoms with Gasteiger partial charge in [-0.3, -0.25) is 0 Å². The van der Waals surface area contributed by atoms with Crippen molar-refractivity contribution in [3.8, 4) is 0 Å². The van der Waals surface area contributed by atoms with Gasteiger partial charge in [0, 0.05) is 0 Å². The van der Waals surface area contributed by atoms with Gasteiger partial charge < -0.3 is 0 Å². The van der Waals surface area contributed by atoms with Crippen LogP contribution in [0.4, 0.5) is 0 Å². The van der Waals surface area contributed by atoms with Crippen LogP contribution in [0.5, 0.6) is 0 Å². The maximum atomic E-state index is 2.57. The zero-order valence-corrected chi connectivity index (χ0v) is 18.7. The Morgan fingerprint density at radius 2 is 1.11 bits per heavy atom. The van der Waals surface area contributed by atoms with E-state index in [1.165, 1.54) is 21.1 Å². The van der Waals surface area contributed by atoms with Gasteiger partial charge in [-0.25, -0.2) is 0 Å². The first-order chi connectivity index (χ1) is 12.9. The van der Waals surface area contributed by atoms with Crippen molar-refractivity contribution in [2.24, 2.45) is 0 Å². The second-order valence-corrected chi connectivity index (χ2v) is 17.2. The molecule has 4 aromatic rings. The van der Waals surface area contributed by atoms with E-state index in [0.29, 0.717) is 0 Å². The first-order valence-electron chi connectivity index (χ1n) is 9.73. The highest BCUT2D eigenvalue weighted by molar-refractivity contribution is 7.05. The van der Waals surface area contributed by atoms with Crippen molar-refractivity contribution >= 4 is 47.7 Å². The molecule has 0 unspecified atom stereocenters. The van der Waals surface area contributed by atoms with Crippen molar-refractivity contribution in [3.63, 3.8) is 0 Å². The average Bonchev–Trinajstić information content (AvgIpc) is 3.11. The normalized spacial score (nSPS) is 12.4. The van der Waals surface area contributed by atoms with Crippen LogP contribution in [0.25, 0.3) is 10.8 Å². The summed E-state index contributed by atoms with van der Waals surface area (Å²) in [5.74, 6) is 0. The van der Waals surface area contributed by atoms with E-state index < -0.39 is 16.1 Å². The predicted molar refractivity (Wildman–Crippen MR) is 126 cm³/mol. The summed E-state index contributed by atoms with van der Waals surface area (Å²) in [7, 11) is -3.51. The topological polar surface area (TPSA) is 0 Å². The van der Waals surface area contributed by atoms with Gasteiger partial charge in [0.25, 0.3) is 0 Å². The average molecular weight is 384 g/mol. The Morgan fingerprint density at radius 1 is 0.593 bits per heavy atom. The van der Waals surface area contributed by atoms with Crippen molar-refractivity contribution < 1.29 is 0 Å². The van der Waals surface area contributed by atoms with Gasteiger partial charge in [-0.2, -0.15) is 6.07 Å². The molecule has 4 aromatic carbocycles. The van der Waals surface area contributed by atoms with E-state index in [4.69, 9.17) is 0 Å². The molecule has 2 heteroatoms. The standard InChI is InChI=1S/C25H27Si2/c1-26(2,20-13-7-5-8-14-20)24-19-25(23-18-12-11-17-22(23)24)27(3,4)21-15-9-6-10-16-21/h5-19H,1-4H3/q-1. The summed E-state index contributed by atoms with van der Waals surface area (Å²) in [5.41, 5.74) is 0. The number of fused-ring (bicyclic) bond motifs is 1. The van der Waals surface area contributed by atoms with Gasteiger partial charge in [0.2, 0.25) is 0 Å². The lowest BCUT2D eigenvalue weighted by molar-refractivity contribution is 1.70. The number of hydrogen-bond donors (Lipinski definition) is 0. The van der Waals surface area contributed by atoms with Crippen LogP contribution in [0.2, 0.25) is 26.2 Å². The Kier molecular flexibility index (Phi) is 4.49. The summed E-state index contributed by atoms with van der Waals surface area (Å²) in [4.78, 5) is 0. The quantitative estimate of drug-likeness (QED) is 0.366. The van der Waals surface area contributed by atoms with E-state index in [-0.39, 0.29) is 0 Å². The third-order valence-electron chi connectivity index (χ3n) is 6.13. The van der Waals surface area contributed by atoms with Gasteiger partial charge in [0.05, 0.1) is 16.1 Å². The fraction of sp³-hybridized carbons (Fsp3) is 0.160. The van der Waals surface area contributed by atoms with Crippen molar-refractivity contribution in [2.45, 2.75) is 26.2 Å². The smallest absolute Gasteiger partial charge is 0.0963 e. The molecular formula is C25H27Si2-. The molecule has 0 fully saturated rings. The molecule has 0 amide bonds. The molecule has 0 heterocycles. The first kappa shape index (κ1) is 18.1. The Labute approximate surface area is 164 Å². The third kappa shape index (κ3) is 3.03. The molecule has 0 saturated carbocycles. The van der Waals surface area contributed by atoms with E-state index >= 15 is 0 Å². The summed E-state index contributed by atoms with van der Waals surface area (Å²) in [6, 6.07) is 33.8. The zero-order valence-electron chi connectivity index (χ0n) is 16.7. The summed E-state index contributed by atoms with van der Waals surface area (Å²) < 4.78 is 0. The van der Waals surface area contributed by atoms with Crippen LogP contribution in [0.1, 0.15) is 0 Å². The lowest BCUT2D eigenvalue weighted by atomic mass is 10.2. The maximum absolute atomic E-state index is 2.57. The second kappa shape index (κ2) is 6.70. The van der Waals surface area contributed by atoms with Gasteiger partial charge in [-0.1, -0.05) is 103 Å². The van der Waals surface area contributed by atoms with Crippen LogP contribution >= 0.6 is 0 Å². The highest BCUT2D eigenvalue weighted by Crippen LogP contribution is 2.20. The van der Waals surface area contributed by atoms with Crippen LogP contribution in [-0.4, -0.2) is 16.1 Å². The fourth-order valence-corrected chi connectivity index (χ4v) is 9.92. The predicted octanol–water partition coefficient (Wildman–Crippen LogP) is 4.20. The number of rotatable bonds is 4. The minimum Gasteiger partial charge on any atom is -0.150 e. The molecule has 0 bridgehead atoms. The van der Waals surface area contributed by atoms with Crippen LogP contribution in [0.15, 0.2) is 91.0 Å². The lowest BCUT2D eigenvalue weighted by Gasteiger charge is -2.28. The molecule has 0 saturated heterocycles. The van der Waals surface area contributed by atoms with E-state index in [1.807, 2.05) is 0 Å². The van der Waals surface area contributed by atoms with E-state index in [9.17, 15) is 0 Å². The number of hydrogen-bond acceptors (Lipinski definition) is 0. The van der Waals surface area contributed by atoms with Crippen molar-refractivity contribution in [1.29, 1.82) is 0 Å². The maximum Gasteiger partial charge on any atom is 0.0963 e. The van der Waals surface area contributed by atoms with Crippen LogP contribution in [-0.2, 0) is 0 Å². The molecule has 27 heavy (non-hydrogen) atoms. The van der Waals surface area contributed by atoms with Crippen LogP contribution in [0.3, 0.4) is 0 Å². The van der Waals surface area contributed by atoms with Crippen molar-refractivity contribution in [3.05, 3.63) is 91.0 Å². The summed E-state index contributed by atoms with van der Waals surface area (Å²) in [5, 5.41) is 9.10. The highest BCUT2D eigenvalue weighted by atomic mass is 28.3. The molecule has 0 aliphatic rings. The van der Waals surface area contributed by atoms with Gasteiger partial charge in [0.1, 0.15) is 0 Å². The number of benzene rings is 3. The molecular weight excluding hydrogens is 356 g/mol. The van der Waals surface area contributed by atoms with Gasteiger partial charge >= 0.3 is 0 Å². The zero-order chi connectivity index (χ0) is 19.1. The molecule has 0 nitrogen and oxygen atoms in total. The van der Waals surface area contributed by atoms with Gasteiger partial charge in [-0.05, 0) is 0 Å². The van der Waals surface area contributed by atoms with E-state index in [2.05, 4.69) is 117 Å². The Morgan fingerprint density at radius 3 is 1.70 bits per heavy atom. The molecule has 0 aliphatic heterocycles. The highest BCUT2D eigenvalue weighted by Gasteiger charge is 2.30. The van der Waals surface area contributed by atoms with E-state index in [0.717, 1.165) is 0 Å². The minimum absolute atomic E-state index is 1.46. The van der Waals surface area contributed by atoms with Gasteiger partial charge in [0.15, 0.2) is 0 Å². The fourth-order valence-electron chi connectivity index (χ4n) is 4.31. The Balaban J connectivity index is 1.95. The van der Waals surface area contributed by atoms with Crippen molar-refractivity contribution in [2.75, 3.05) is 0 Å². The molecule has 0 spiro atoms. The van der Waals surface area contributed by atoms with Gasteiger partial charge in [-0.15, -0.1) is 40.0 Å². The second-order valence-electron chi connectivity index (χ2n) is 8.50. The van der Waals surface area contributed by atoms with Crippen LogP contribution < -0.4 is 20.7 Å². The van der Waals surface area contributed by atoms with E-state index in [1.54, 1.807) is 10.4 Å². The molecule has 4 rings (SSSR count). The Hall–Kier alpha value is -2.30. The summed E-state index contributed by atoms with van der Waals surface area (Å²) >= 11 is 0.